The second kappa shape index (κ2) is 15.4. The van der Waals surface area contributed by atoms with Crippen LogP contribution in [0.25, 0.3) is 0 Å². The molecule has 0 spiro atoms. The minimum atomic E-state index is -0.210. The SMILES string of the molecule is NCCOCCOCCNC(=O)c1ccc(Nc2nc(NCCO)nc(NCc3cccc4c3OCO4)n2)cc1. The number of nitrogens with one attached hydrogen (secondary N) is 4. The van der Waals surface area contributed by atoms with Crippen LogP contribution in [0.3, 0.4) is 0 Å². The second-order valence-electron chi connectivity index (χ2n) is 8.43. The zero-order chi connectivity index (χ0) is 28.0. The van der Waals surface area contributed by atoms with Crippen molar-refractivity contribution in [3.8, 4) is 11.5 Å². The fourth-order valence-electron chi connectivity index (χ4n) is 3.64. The Bertz CT molecular complexity index is 1230. The third-order valence-corrected chi connectivity index (χ3v) is 5.51. The van der Waals surface area contributed by atoms with Crippen LogP contribution in [0.5, 0.6) is 11.5 Å². The molecule has 1 aliphatic heterocycles. The summed E-state index contributed by atoms with van der Waals surface area (Å²) in [5.74, 6) is 2.05. The summed E-state index contributed by atoms with van der Waals surface area (Å²) < 4.78 is 21.6. The van der Waals surface area contributed by atoms with Gasteiger partial charge >= 0.3 is 0 Å². The van der Waals surface area contributed by atoms with Gasteiger partial charge in [0.25, 0.3) is 5.91 Å². The molecule has 0 saturated heterocycles. The number of nitrogens with zero attached hydrogens (tertiary/aromatic N) is 3. The number of ether oxygens (including phenoxy) is 4. The lowest BCUT2D eigenvalue weighted by atomic mass is 10.2. The van der Waals surface area contributed by atoms with Gasteiger partial charge < -0.3 is 51.1 Å². The average Bonchev–Trinajstić information content (AvgIpc) is 3.46. The van der Waals surface area contributed by atoms with Gasteiger partial charge in [-0.2, -0.15) is 15.0 Å². The number of aromatic nitrogens is 3. The van der Waals surface area contributed by atoms with E-state index in [1.807, 2.05) is 18.2 Å². The van der Waals surface area contributed by atoms with Gasteiger partial charge in [-0.25, -0.2) is 0 Å². The number of carbonyl (C=O) groups excluding carboxylic acids is 1. The molecule has 2 aromatic carbocycles. The fourth-order valence-corrected chi connectivity index (χ4v) is 3.64. The van der Waals surface area contributed by atoms with Crippen LogP contribution in [0.15, 0.2) is 42.5 Å². The molecular formula is C26H34N8O6. The van der Waals surface area contributed by atoms with Gasteiger partial charge in [-0.3, -0.25) is 4.79 Å². The molecule has 0 fully saturated rings. The maximum absolute atomic E-state index is 12.4. The highest BCUT2D eigenvalue weighted by Gasteiger charge is 2.17. The molecule has 2 heterocycles. The molecule has 0 bridgehead atoms. The number of rotatable bonds is 17. The van der Waals surface area contributed by atoms with E-state index in [0.717, 1.165) is 5.56 Å². The molecule has 0 atom stereocenters. The molecule has 14 heteroatoms. The smallest absolute Gasteiger partial charge is 0.251 e. The Morgan fingerprint density at radius 1 is 0.900 bits per heavy atom. The number of hydrogen-bond acceptors (Lipinski definition) is 13. The molecule has 214 valence electrons. The van der Waals surface area contributed by atoms with Crippen molar-refractivity contribution < 1.29 is 28.8 Å². The number of benzene rings is 2. The van der Waals surface area contributed by atoms with E-state index < -0.39 is 0 Å². The second-order valence-corrected chi connectivity index (χ2v) is 8.43. The topological polar surface area (TPSA) is 187 Å². The van der Waals surface area contributed by atoms with Gasteiger partial charge in [-0.05, 0) is 30.3 Å². The molecule has 40 heavy (non-hydrogen) atoms. The Hall–Kier alpha value is -4.24. The largest absolute Gasteiger partial charge is 0.454 e. The molecule has 0 radical (unpaired) electrons. The first-order valence-corrected chi connectivity index (χ1v) is 12.9. The summed E-state index contributed by atoms with van der Waals surface area (Å²) in [7, 11) is 0. The van der Waals surface area contributed by atoms with Crippen LogP contribution >= 0.6 is 0 Å². The monoisotopic (exact) mass is 554 g/mol. The van der Waals surface area contributed by atoms with Crippen LogP contribution < -0.4 is 36.5 Å². The Labute approximate surface area is 231 Å². The Balaban J connectivity index is 1.32. The lowest BCUT2D eigenvalue weighted by Crippen LogP contribution is -2.27. The molecule has 1 aromatic heterocycles. The van der Waals surface area contributed by atoms with Gasteiger partial charge in [0.1, 0.15) is 0 Å². The van der Waals surface area contributed by atoms with E-state index >= 15 is 0 Å². The van der Waals surface area contributed by atoms with Crippen LogP contribution in [0.4, 0.5) is 23.5 Å². The molecule has 4 rings (SSSR count). The summed E-state index contributed by atoms with van der Waals surface area (Å²) in [5.41, 5.74) is 7.42. The van der Waals surface area contributed by atoms with Crippen LogP contribution in [0.2, 0.25) is 0 Å². The standard InChI is InChI=1S/C26H34N8O6/c27-8-12-37-14-15-38-13-10-28-23(36)18-4-6-20(7-5-18)31-26-33-24(29-9-11-35)32-25(34-26)30-16-19-2-1-3-21-22(19)40-17-39-21/h1-7,35H,8-17,27H2,(H,28,36)(H3,29,30,31,32,33,34). The predicted molar refractivity (Wildman–Crippen MR) is 148 cm³/mol. The third-order valence-electron chi connectivity index (χ3n) is 5.51. The Morgan fingerprint density at radius 2 is 1.65 bits per heavy atom. The number of amides is 1. The summed E-state index contributed by atoms with van der Waals surface area (Å²) in [6, 6.07) is 12.6. The number of aliphatic hydroxyl groups is 1. The first-order chi connectivity index (χ1) is 19.7. The Morgan fingerprint density at radius 3 is 2.42 bits per heavy atom. The van der Waals surface area contributed by atoms with Crippen molar-refractivity contribution in [2.75, 3.05) is 75.4 Å². The first-order valence-electron chi connectivity index (χ1n) is 12.9. The Kier molecular flexibility index (Phi) is 11.1. The van der Waals surface area contributed by atoms with Crippen molar-refractivity contribution in [2.24, 2.45) is 5.73 Å². The first kappa shape index (κ1) is 28.8. The fraction of sp³-hybridized carbons (Fsp3) is 0.385. The van der Waals surface area contributed by atoms with E-state index in [9.17, 15) is 9.90 Å². The van der Waals surface area contributed by atoms with Gasteiger partial charge in [-0.1, -0.05) is 12.1 Å². The minimum absolute atomic E-state index is 0.0798. The van der Waals surface area contributed by atoms with E-state index in [2.05, 4.69) is 36.2 Å². The van der Waals surface area contributed by atoms with Crippen molar-refractivity contribution in [1.82, 2.24) is 20.3 Å². The number of anilines is 4. The van der Waals surface area contributed by atoms with E-state index in [-0.39, 0.29) is 37.7 Å². The number of fused-ring (bicyclic) bond motifs is 1. The number of carbonyl (C=O) groups is 1. The molecule has 14 nitrogen and oxygen atoms in total. The highest BCUT2D eigenvalue weighted by molar-refractivity contribution is 5.94. The van der Waals surface area contributed by atoms with Gasteiger partial charge in [-0.15, -0.1) is 0 Å². The summed E-state index contributed by atoms with van der Waals surface area (Å²) >= 11 is 0. The number of hydrogen-bond donors (Lipinski definition) is 6. The van der Waals surface area contributed by atoms with Gasteiger partial charge in [0.05, 0.1) is 33.0 Å². The van der Waals surface area contributed by atoms with Crippen molar-refractivity contribution in [3.63, 3.8) is 0 Å². The van der Waals surface area contributed by atoms with E-state index in [4.69, 9.17) is 24.7 Å². The molecule has 1 aliphatic rings. The van der Waals surface area contributed by atoms with E-state index in [1.54, 1.807) is 24.3 Å². The zero-order valence-electron chi connectivity index (χ0n) is 22.0. The summed E-state index contributed by atoms with van der Waals surface area (Å²) in [6.45, 7) is 3.42. The number of aliphatic hydroxyl groups excluding tert-OH is 1. The predicted octanol–water partition coefficient (Wildman–Crippen LogP) is 1.08. The normalized spacial score (nSPS) is 11.8. The maximum atomic E-state index is 12.4. The van der Waals surface area contributed by atoms with Crippen molar-refractivity contribution in [1.29, 1.82) is 0 Å². The molecule has 7 N–H and O–H groups in total. The minimum Gasteiger partial charge on any atom is -0.454 e. The average molecular weight is 555 g/mol. The molecule has 1 amide bonds. The van der Waals surface area contributed by atoms with Crippen LogP contribution in [0.1, 0.15) is 15.9 Å². The highest BCUT2D eigenvalue weighted by atomic mass is 16.7. The van der Waals surface area contributed by atoms with Gasteiger partial charge in [0, 0.05) is 43.0 Å². The van der Waals surface area contributed by atoms with Gasteiger partial charge in [0.2, 0.25) is 24.6 Å². The molecule has 3 aromatic rings. The lowest BCUT2D eigenvalue weighted by molar-refractivity contribution is 0.0511. The lowest BCUT2D eigenvalue weighted by Gasteiger charge is -2.12. The van der Waals surface area contributed by atoms with E-state index in [0.29, 0.717) is 74.8 Å². The van der Waals surface area contributed by atoms with Crippen LogP contribution in [-0.2, 0) is 16.0 Å². The highest BCUT2D eigenvalue weighted by Crippen LogP contribution is 2.35. The van der Waals surface area contributed by atoms with Crippen LogP contribution in [0, 0.1) is 0 Å². The number of nitrogens with two attached hydrogens (primary N) is 1. The maximum Gasteiger partial charge on any atom is 0.251 e. The summed E-state index contributed by atoms with van der Waals surface area (Å²) in [5, 5.41) is 21.3. The van der Waals surface area contributed by atoms with Gasteiger partial charge in [0.15, 0.2) is 11.5 Å². The summed E-state index contributed by atoms with van der Waals surface area (Å²) in [4.78, 5) is 25.6. The molecule has 0 unspecified atom stereocenters. The molecule has 0 aliphatic carbocycles. The third kappa shape index (κ3) is 8.64. The zero-order valence-corrected chi connectivity index (χ0v) is 22.0. The molecule has 0 saturated carbocycles. The molecular weight excluding hydrogens is 520 g/mol. The van der Waals surface area contributed by atoms with E-state index in [1.165, 1.54) is 0 Å². The number of para-hydroxylation sites is 1. The van der Waals surface area contributed by atoms with Crippen molar-refractivity contribution >= 4 is 29.4 Å². The van der Waals surface area contributed by atoms with Crippen molar-refractivity contribution in [2.45, 2.75) is 6.54 Å². The van der Waals surface area contributed by atoms with Crippen LogP contribution in [-0.4, -0.2) is 85.4 Å². The quantitative estimate of drug-likeness (QED) is 0.130. The van der Waals surface area contributed by atoms with Crippen molar-refractivity contribution in [3.05, 3.63) is 53.6 Å². The summed E-state index contributed by atoms with van der Waals surface area (Å²) in [6.07, 6.45) is 0.